The van der Waals surface area contributed by atoms with Crippen molar-refractivity contribution in [3.8, 4) is 0 Å². The molecule has 1 unspecified atom stereocenters. The number of carbonyl (C=O) groups excluding carboxylic acids is 1. The van der Waals surface area contributed by atoms with Gasteiger partial charge in [0.05, 0.1) is 6.54 Å². The standard InChI is InChI=1S/C17H25N3O/c18-11-17(21)20-10-4-7-16(20)13-19(15-8-9-15)12-14-5-2-1-3-6-14/h1-3,5-6,15-16H,4,7-13,18H2. The van der Waals surface area contributed by atoms with Crippen molar-refractivity contribution in [3.05, 3.63) is 35.9 Å². The van der Waals surface area contributed by atoms with E-state index in [0.717, 1.165) is 32.5 Å². The molecule has 1 saturated carbocycles. The van der Waals surface area contributed by atoms with E-state index in [1.54, 1.807) is 0 Å². The summed E-state index contributed by atoms with van der Waals surface area (Å²) in [6, 6.07) is 11.7. The third-order valence-corrected chi connectivity index (χ3v) is 4.61. The highest BCUT2D eigenvalue weighted by molar-refractivity contribution is 5.78. The smallest absolute Gasteiger partial charge is 0.236 e. The molecule has 0 bridgehead atoms. The topological polar surface area (TPSA) is 49.6 Å². The summed E-state index contributed by atoms with van der Waals surface area (Å²) in [6.45, 7) is 3.00. The number of rotatable bonds is 6. The molecule has 1 aromatic rings. The fourth-order valence-electron chi connectivity index (χ4n) is 3.34. The Labute approximate surface area is 126 Å². The van der Waals surface area contributed by atoms with Crippen molar-refractivity contribution in [1.82, 2.24) is 9.80 Å². The SMILES string of the molecule is NCC(=O)N1CCCC1CN(Cc1ccccc1)C1CC1. The molecule has 0 spiro atoms. The number of likely N-dealkylation sites (tertiary alicyclic amines) is 1. The van der Waals surface area contributed by atoms with Gasteiger partial charge in [0.1, 0.15) is 0 Å². The van der Waals surface area contributed by atoms with Crippen LogP contribution in [0.3, 0.4) is 0 Å². The largest absolute Gasteiger partial charge is 0.337 e. The first-order valence-corrected chi connectivity index (χ1v) is 8.05. The van der Waals surface area contributed by atoms with Gasteiger partial charge in [-0.3, -0.25) is 9.69 Å². The maximum atomic E-state index is 11.9. The van der Waals surface area contributed by atoms with Gasteiger partial charge in [-0.2, -0.15) is 0 Å². The van der Waals surface area contributed by atoms with Gasteiger partial charge in [0.2, 0.25) is 5.91 Å². The average Bonchev–Trinajstić information content (AvgIpc) is 3.27. The summed E-state index contributed by atoms with van der Waals surface area (Å²) in [4.78, 5) is 16.5. The third-order valence-electron chi connectivity index (χ3n) is 4.61. The van der Waals surface area contributed by atoms with Crippen LogP contribution in [-0.2, 0) is 11.3 Å². The summed E-state index contributed by atoms with van der Waals surface area (Å²) >= 11 is 0. The molecule has 2 N–H and O–H groups in total. The number of carbonyl (C=O) groups is 1. The van der Waals surface area contributed by atoms with Gasteiger partial charge in [0.15, 0.2) is 0 Å². The van der Waals surface area contributed by atoms with Crippen LogP contribution in [-0.4, -0.2) is 47.4 Å². The van der Waals surface area contributed by atoms with E-state index in [-0.39, 0.29) is 12.5 Å². The highest BCUT2D eigenvalue weighted by Gasteiger charge is 2.34. The van der Waals surface area contributed by atoms with Gasteiger partial charge in [-0.15, -0.1) is 0 Å². The number of amides is 1. The lowest BCUT2D eigenvalue weighted by molar-refractivity contribution is -0.130. The molecule has 114 valence electrons. The molecule has 4 nitrogen and oxygen atoms in total. The monoisotopic (exact) mass is 287 g/mol. The van der Waals surface area contributed by atoms with Crippen molar-refractivity contribution >= 4 is 5.91 Å². The van der Waals surface area contributed by atoms with Gasteiger partial charge in [0, 0.05) is 31.7 Å². The Hall–Kier alpha value is -1.39. The maximum Gasteiger partial charge on any atom is 0.236 e. The zero-order valence-electron chi connectivity index (χ0n) is 12.6. The molecule has 1 aliphatic carbocycles. The number of benzene rings is 1. The number of hydrogen-bond acceptors (Lipinski definition) is 3. The van der Waals surface area contributed by atoms with Gasteiger partial charge in [-0.1, -0.05) is 30.3 Å². The van der Waals surface area contributed by atoms with Crippen LogP contribution >= 0.6 is 0 Å². The van der Waals surface area contributed by atoms with Gasteiger partial charge >= 0.3 is 0 Å². The van der Waals surface area contributed by atoms with E-state index in [4.69, 9.17) is 5.73 Å². The zero-order valence-corrected chi connectivity index (χ0v) is 12.6. The van der Waals surface area contributed by atoms with Crippen molar-refractivity contribution in [2.45, 2.75) is 44.3 Å². The van der Waals surface area contributed by atoms with Crippen molar-refractivity contribution in [1.29, 1.82) is 0 Å². The molecule has 1 atom stereocenters. The predicted molar refractivity (Wildman–Crippen MR) is 83.7 cm³/mol. The minimum Gasteiger partial charge on any atom is -0.337 e. The van der Waals surface area contributed by atoms with Crippen LogP contribution in [0.2, 0.25) is 0 Å². The summed E-state index contributed by atoms with van der Waals surface area (Å²) in [7, 11) is 0. The first-order chi connectivity index (χ1) is 10.3. The zero-order chi connectivity index (χ0) is 14.7. The van der Waals surface area contributed by atoms with Gasteiger partial charge < -0.3 is 10.6 Å². The highest BCUT2D eigenvalue weighted by atomic mass is 16.2. The lowest BCUT2D eigenvalue weighted by Gasteiger charge is -2.31. The second kappa shape index (κ2) is 6.58. The Morgan fingerprint density at radius 1 is 1.24 bits per heavy atom. The molecule has 1 amide bonds. The van der Waals surface area contributed by atoms with Crippen molar-refractivity contribution in [3.63, 3.8) is 0 Å². The van der Waals surface area contributed by atoms with Crippen LogP contribution in [0, 0.1) is 0 Å². The molecule has 1 saturated heterocycles. The Balaban J connectivity index is 1.64. The molecule has 0 radical (unpaired) electrons. The summed E-state index contributed by atoms with van der Waals surface area (Å²) in [5.41, 5.74) is 6.90. The quantitative estimate of drug-likeness (QED) is 0.864. The molecule has 1 heterocycles. The molecule has 0 aromatic heterocycles. The molecule has 2 fully saturated rings. The van der Waals surface area contributed by atoms with Crippen LogP contribution in [0.25, 0.3) is 0 Å². The molecule has 1 aliphatic heterocycles. The second-order valence-corrected chi connectivity index (χ2v) is 6.23. The maximum absolute atomic E-state index is 11.9. The molecule has 1 aromatic carbocycles. The Morgan fingerprint density at radius 3 is 2.67 bits per heavy atom. The van der Waals surface area contributed by atoms with Gasteiger partial charge in [-0.25, -0.2) is 0 Å². The van der Waals surface area contributed by atoms with Gasteiger partial charge in [-0.05, 0) is 31.2 Å². The summed E-state index contributed by atoms with van der Waals surface area (Å²) in [5.74, 6) is 0.105. The fourth-order valence-corrected chi connectivity index (χ4v) is 3.34. The molecule has 2 aliphatic rings. The van der Waals surface area contributed by atoms with Crippen molar-refractivity contribution in [2.75, 3.05) is 19.6 Å². The molecule has 3 rings (SSSR count). The minimum atomic E-state index is 0.105. The molecular formula is C17H25N3O. The van der Waals surface area contributed by atoms with E-state index in [2.05, 4.69) is 35.2 Å². The lowest BCUT2D eigenvalue weighted by atomic mass is 10.1. The molecule has 4 heteroatoms. The predicted octanol–water partition coefficient (Wildman–Crippen LogP) is 1.60. The van der Waals surface area contributed by atoms with Crippen LogP contribution in [0.5, 0.6) is 0 Å². The Morgan fingerprint density at radius 2 is 2.00 bits per heavy atom. The third kappa shape index (κ3) is 3.63. The van der Waals surface area contributed by atoms with E-state index in [1.807, 2.05) is 4.90 Å². The number of hydrogen-bond donors (Lipinski definition) is 1. The van der Waals surface area contributed by atoms with Crippen molar-refractivity contribution in [2.24, 2.45) is 5.73 Å². The van der Waals surface area contributed by atoms with Crippen LogP contribution < -0.4 is 5.73 Å². The Kier molecular flexibility index (Phi) is 4.56. The van der Waals surface area contributed by atoms with E-state index in [1.165, 1.54) is 18.4 Å². The average molecular weight is 287 g/mol. The minimum absolute atomic E-state index is 0.105. The summed E-state index contributed by atoms with van der Waals surface area (Å²) in [6.07, 6.45) is 4.82. The second-order valence-electron chi connectivity index (χ2n) is 6.23. The number of nitrogens with zero attached hydrogens (tertiary/aromatic N) is 2. The molecular weight excluding hydrogens is 262 g/mol. The number of nitrogens with two attached hydrogens (primary N) is 1. The molecule has 21 heavy (non-hydrogen) atoms. The Bertz CT molecular complexity index is 472. The van der Waals surface area contributed by atoms with Crippen LogP contribution in [0.1, 0.15) is 31.2 Å². The highest BCUT2D eigenvalue weighted by Crippen LogP contribution is 2.30. The van der Waals surface area contributed by atoms with Gasteiger partial charge in [0.25, 0.3) is 0 Å². The first-order valence-electron chi connectivity index (χ1n) is 8.05. The van der Waals surface area contributed by atoms with E-state index >= 15 is 0 Å². The summed E-state index contributed by atoms with van der Waals surface area (Å²) in [5, 5.41) is 0. The van der Waals surface area contributed by atoms with E-state index in [0.29, 0.717) is 12.1 Å². The lowest BCUT2D eigenvalue weighted by Crippen LogP contribution is -2.45. The first kappa shape index (κ1) is 14.5. The van der Waals surface area contributed by atoms with Crippen LogP contribution in [0.15, 0.2) is 30.3 Å². The van der Waals surface area contributed by atoms with E-state index in [9.17, 15) is 4.79 Å². The normalized spacial score (nSPS) is 22.0. The summed E-state index contributed by atoms with van der Waals surface area (Å²) < 4.78 is 0. The fraction of sp³-hybridized carbons (Fsp3) is 0.588. The van der Waals surface area contributed by atoms with E-state index < -0.39 is 0 Å². The van der Waals surface area contributed by atoms with Crippen molar-refractivity contribution < 1.29 is 4.79 Å². The van der Waals surface area contributed by atoms with Crippen LogP contribution in [0.4, 0.5) is 0 Å².